The van der Waals surface area contributed by atoms with Crippen molar-refractivity contribution < 1.29 is 9.53 Å². The van der Waals surface area contributed by atoms with Gasteiger partial charge in [-0.25, -0.2) is 0 Å². The monoisotopic (exact) mass is 383 g/mol. The summed E-state index contributed by atoms with van der Waals surface area (Å²) in [6.07, 6.45) is 27.9. The Morgan fingerprint density at radius 3 is 1.81 bits per heavy atom. The highest BCUT2D eigenvalue weighted by atomic mass is 35.5. The maximum Gasteiger partial charge on any atom is 0.305 e. The topological polar surface area (TPSA) is 52.3 Å². The lowest BCUT2D eigenvalue weighted by molar-refractivity contribution is -0.143. The molecule has 0 unspecified atom stereocenters. The van der Waals surface area contributed by atoms with E-state index in [1.807, 2.05) is 0 Å². The number of hydrogen-bond donors (Lipinski definition) is 1. The molecule has 0 spiro atoms. The van der Waals surface area contributed by atoms with Crippen molar-refractivity contribution in [2.75, 3.05) is 13.2 Å². The molecule has 0 amide bonds. The molecule has 0 heterocycles. The van der Waals surface area contributed by atoms with Gasteiger partial charge >= 0.3 is 5.97 Å². The molecule has 0 aliphatic heterocycles. The van der Waals surface area contributed by atoms with Gasteiger partial charge in [0.15, 0.2) is 0 Å². The third-order valence-electron chi connectivity index (χ3n) is 3.59. The van der Waals surface area contributed by atoms with Crippen LogP contribution in [-0.2, 0) is 9.53 Å². The average Bonchev–Trinajstić information content (AvgIpc) is 2.62. The van der Waals surface area contributed by atoms with Crippen molar-refractivity contribution in [3.05, 3.63) is 48.6 Å². The van der Waals surface area contributed by atoms with Crippen molar-refractivity contribution in [3.63, 3.8) is 0 Å². The number of nitrogens with two attached hydrogens (primary N) is 1. The Labute approximate surface area is 166 Å². The van der Waals surface area contributed by atoms with Crippen LogP contribution in [0, 0.1) is 0 Å². The molecule has 0 aromatic carbocycles. The predicted octanol–water partition coefficient (Wildman–Crippen LogP) is 6.06. The van der Waals surface area contributed by atoms with E-state index >= 15 is 0 Å². The van der Waals surface area contributed by atoms with Gasteiger partial charge in [0, 0.05) is 13.0 Å². The average molecular weight is 384 g/mol. The van der Waals surface area contributed by atoms with Crippen LogP contribution in [0.2, 0.25) is 0 Å². The quantitative estimate of drug-likeness (QED) is 0.200. The summed E-state index contributed by atoms with van der Waals surface area (Å²) in [4.78, 5) is 11.2. The standard InChI is InChI=1S/C22H37NO2.ClH/c1-2-3-4-5-6-7-8-9-10-11-12-13-14-15-16-17-18-19-22(24)25-21-20-23;/h6-7,9-10,12-13,15-16H,2-5,8,11,14,17-21,23H2,1H3;1H/b7-6-,10-9-,13-12+,16-15-;. The number of unbranched alkanes of at least 4 members (excludes halogenated alkanes) is 4. The second-order valence-electron chi connectivity index (χ2n) is 5.99. The zero-order chi connectivity index (χ0) is 18.4. The van der Waals surface area contributed by atoms with Crippen molar-refractivity contribution in [1.29, 1.82) is 0 Å². The fourth-order valence-corrected chi connectivity index (χ4v) is 2.17. The van der Waals surface area contributed by atoms with E-state index in [-0.39, 0.29) is 18.4 Å². The third-order valence-corrected chi connectivity index (χ3v) is 3.59. The first kappa shape index (κ1) is 26.9. The van der Waals surface area contributed by atoms with E-state index in [1.54, 1.807) is 0 Å². The Morgan fingerprint density at radius 1 is 0.808 bits per heavy atom. The molecule has 0 saturated heterocycles. The highest BCUT2D eigenvalue weighted by molar-refractivity contribution is 5.85. The van der Waals surface area contributed by atoms with Gasteiger partial charge in [-0.2, -0.15) is 0 Å². The molecule has 0 radical (unpaired) electrons. The van der Waals surface area contributed by atoms with Crippen LogP contribution in [0.25, 0.3) is 0 Å². The van der Waals surface area contributed by atoms with Gasteiger partial charge < -0.3 is 10.5 Å². The predicted molar refractivity (Wildman–Crippen MR) is 116 cm³/mol. The zero-order valence-corrected chi connectivity index (χ0v) is 17.2. The van der Waals surface area contributed by atoms with Crippen molar-refractivity contribution in [3.8, 4) is 0 Å². The number of ether oxygens (including phenoxy) is 1. The van der Waals surface area contributed by atoms with Crippen LogP contribution in [0.4, 0.5) is 0 Å². The Morgan fingerprint density at radius 2 is 1.31 bits per heavy atom. The Balaban J connectivity index is 0. The zero-order valence-electron chi connectivity index (χ0n) is 16.4. The maximum atomic E-state index is 11.2. The Hall–Kier alpha value is -1.32. The molecule has 0 fully saturated rings. The van der Waals surface area contributed by atoms with Crippen LogP contribution in [0.3, 0.4) is 0 Å². The minimum Gasteiger partial charge on any atom is -0.464 e. The van der Waals surface area contributed by atoms with Crippen LogP contribution >= 0.6 is 12.4 Å². The van der Waals surface area contributed by atoms with Crippen LogP contribution in [0.15, 0.2) is 48.6 Å². The summed E-state index contributed by atoms with van der Waals surface area (Å²) in [5, 5.41) is 0. The lowest BCUT2D eigenvalue weighted by atomic mass is 10.2. The van der Waals surface area contributed by atoms with Gasteiger partial charge in [0.25, 0.3) is 0 Å². The maximum absolute atomic E-state index is 11.2. The number of allylic oxidation sites excluding steroid dienone is 8. The first-order valence-corrected chi connectivity index (χ1v) is 9.77. The number of halogens is 1. The Bertz CT molecular complexity index is 414. The second-order valence-corrected chi connectivity index (χ2v) is 5.99. The van der Waals surface area contributed by atoms with Crippen LogP contribution in [0.5, 0.6) is 0 Å². The van der Waals surface area contributed by atoms with Gasteiger partial charge in [-0.1, -0.05) is 68.4 Å². The van der Waals surface area contributed by atoms with Crippen LogP contribution in [0.1, 0.15) is 71.1 Å². The highest BCUT2D eigenvalue weighted by Crippen LogP contribution is 2.02. The summed E-state index contributed by atoms with van der Waals surface area (Å²) in [5.41, 5.74) is 5.27. The summed E-state index contributed by atoms with van der Waals surface area (Å²) in [7, 11) is 0. The summed E-state index contributed by atoms with van der Waals surface area (Å²) in [6.45, 7) is 2.95. The molecule has 150 valence electrons. The summed E-state index contributed by atoms with van der Waals surface area (Å²) in [5.74, 6) is -0.152. The normalized spacial score (nSPS) is 11.8. The van der Waals surface area contributed by atoms with Crippen LogP contribution < -0.4 is 5.73 Å². The molecular formula is C22H38ClNO2. The first-order chi connectivity index (χ1) is 12.3. The summed E-state index contributed by atoms with van der Waals surface area (Å²) < 4.78 is 4.91. The van der Waals surface area contributed by atoms with Gasteiger partial charge in [0.05, 0.1) is 0 Å². The van der Waals surface area contributed by atoms with E-state index in [4.69, 9.17) is 10.5 Å². The van der Waals surface area contributed by atoms with Gasteiger partial charge in [0.1, 0.15) is 6.61 Å². The summed E-state index contributed by atoms with van der Waals surface area (Å²) >= 11 is 0. The van der Waals surface area contributed by atoms with Gasteiger partial charge in [-0.05, 0) is 44.9 Å². The lowest BCUT2D eigenvalue weighted by Gasteiger charge is -2.00. The second kappa shape index (κ2) is 23.7. The minimum atomic E-state index is -0.152. The molecular weight excluding hydrogens is 346 g/mol. The molecule has 0 aromatic rings. The van der Waals surface area contributed by atoms with Gasteiger partial charge in [0.2, 0.25) is 0 Å². The van der Waals surface area contributed by atoms with E-state index < -0.39 is 0 Å². The molecule has 0 bridgehead atoms. The molecule has 0 rings (SSSR count). The van der Waals surface area contributed by atoms with E-state index in [0.29, 0.717) is 19.6 Å². The summed E-state index contributed by atoms with van der Waals surface area (Å²) in [6, 6.07) is 0. The number of carbonyl (C=O) groups is 1. The number of esters is 1. The molecule has 4 heteroatoms. The fraction of sp³-hybridized carbons (Fsp3) is 0.591. The SMILES string of the molecule is CCCCC/C=C\C/C=C\C/C=C/C/C=C\CCCC(=O)OCCN.Cl. The molecule has 0 aromatic heterocycles. The van der Waals surface area contributed by atoms with E-state index in [9.17, 15) is 4.79 Å². The fourth-order valence-electron chi connectivity index (χ4n) is 2.17. The van der Waals surface area contributed by atoms with Crippen molar-refractivity contribution in [1.82, 2.24) is 0 Å². The first-order valence-electron chi connectivity index (χ1n) is 9.77. The molecule has 2 N–H and O–H groups in total. The van der Waals surface area contributed by atoms with Crippen molar-refractivity contribution >= 4 is 18.4 Å². The third kappa shape index (κ3) is 22.7. The van der Waals surface area contributed by atoms with Crippen LogP contribution in [-0.4, -0.2) is 19.1 Å². The Kier molecular flexibility index (Phi) is 24.5. The largest absolute Gasteiger partial charge is 0.464 e. The van der Waals surface area contributed by atoms with Crippen molar-refractivity contribution in [2.45, 2.75) is 71.1 Å². The molecule has 26 heavy (non-hydrogen) atoms. The van der Waals surface area contributed by atoms with Gasteiger partial charge in [-0.15, -0.1) is 12.4 Å². The molecule has 0 saturated carbocycles. The van der Waals surface area contributed by atoms with E-state index in [0.717, 1.165) is 32.1 Å². The number of carbonyl (C=O) groups excluding carboxylic acids is 1. The molecule has 3 nitrogen and oxygen atoms in total. The van der Waals surface area contributed by atoms with E-state index in [1.165, 1.54) is 25.7 Å². The lowest BCUT2D eigenvalue weighted by Crippen LogP contribution is -2.13. The molecule has 0 aliphatic rings. The number of rotatable bonds is 16. The molecule has 0 aliphatic carbocycles. The van der Waals surface area contributed by atoms with Gasteiger partial charge in [-0.3, -0.25) is 4.79 Å². The minimum absolute atomic E-state index is 0. The smallest absolute Gasteiger partial charge is 0.305 e. The number of hydrogen-bond acceptors (Lipinski definition) is 3. The molecule has 0 atom stereocenters. The highest BCUT2D eigenvalue weighted by Gasteiger charge is 1.99. The van der Waals surface area contributed by atoms with Crippen molar-refractivity contribution in [2.24, 2.45) is 5.73 Å². The van der Waals surface area contributed by atoms with E-state index in [2.05, 4.69) is 55.5 Å².